The van der Waals surface area contributed by atoms with E-state index in [2.05, 4.69) is 10.6 Å². The predicted octanol–water partition coefficient (Wildman–Crippen LogP) is 2.58. The molecule has 0 fully saturated rings. The van der Waals surface area contributed by atoms with Crippen LogP contribution in [0.4, 0.5) is 4.79 Å². The van der Waals surface area contributed by atoms with Crippen molar-refractivity contribution in [1.29, 1.82) is 0 Å². The Hall–Kier alpha value is -2.53. The van der Waals surface area contributed by atoms with E-state index < -0.39 is 6.10 Å². The molecule has 1 aliphatic rings. The number of benzene rings is 2. The van der Waals surface area contributed by atoms with Crippen molar-refractivity contribution >= 4 is 6.03 Å². The highest BCUT2D eigenvalue weighted by Gasteiger charge is 2.31. The number of amides is 2. The molecule has 0 saturated heterocycles. The Bertz CT molecular complexity index is 747. The summed E-state index contributed by atoms with van der Waals surface area (Å²) in [5, 5.41) is 16.1. The van der Waals surface area contributed by atoms with E-state index in [0.29, 0.717) is 12.8 Å². The molecule has 0 aliphatic heterocycles. The Morgan fingerprint density at radius 2 is 2.08 bits per heavy atom. The molecule has 0 heterocycles. The molecule has 0 spiro atoms. The summed E-state index contributed by atoms with van der Waals surface area (Å²) in [6, 6.07) is 15.0. The van der Waals surface area contributed by atoms with Crippen LogP contribution in [0.2, 0.25) is 0 Å². The number of urea groups is 1. The fourth-order valence-electron chi connectivity index (χ4n) is 3.36. The zero-order chi connectivity index (χ0) is 17.8. The lowest BCUT2D eigenvalue weighted by Gasteiger charge is -2.21. The summed E-state index contributed by atoms with van der Waals surface area (Å²) >= 11 is 0. The van der Waals surface area contributed by atoms with Crippen molar-refractivity contribution in [3.63, 3.8) is 0 Å². The van der Waals surface area contributed by atoms with Gasteiger partial charge in [0.15, 0.2) is 0 Å². The van der Waals surface area contributed by atoms with Crippen LogP contribution in [-0.4, -0.2) is 30.4 Å². The van der Waals surface area contributed by atoms with Gasteiger partial charge in [0.2, 0.25) is 0 Å². The Balaban J connectivity index is 1.57. The number of aliphatic hydroxyl groups is 1. The topological polar surface area (TPSA) is 70.6 Å². The Morgan fingerprint density at radius 1 is 1.28 bits per heavy atom. The minimum absolute atomic E-state index is 0.0408. The number of ether oxygens (including phenoxy) is 1. The number of carbonyl (C=O) groups is 1. The van der Waals surface area contributed by atoms with E-state index in [9.17, 15) is 9.90 Å². The highest BCUT2D eigenvalue weighted by atomic mass is 16.5. The van der Waals surface area contributed by atoms with E-state index in [4.69, 9.17) is 4.74 Å². The van der Waals surface area contributed by atoms with Crippen molar-refractivity contribution in [2.75, 3.05) is 7.11 Å². The van der Waals surface area contributed by atoms with E-state index in [-0.39, 0.29) is 18.1 Å². The maximum atomic E-state index is 12.3. The van der Waals surface area contributed by atoms with Gasteiger partial charge in [0.1, 0.15) is 5.75 Å². The van der Waals surface area contributed by atoms with Gasteiger partial charge in [0, 0.05) is 12.5 Å². The van der Waals surface area contributed by atoms with E-state index in [1.54, 1.807) is 7.11 Å². The first-order chi connectivity index (χ1) is 12.1. The minimum Gasteiger partial charge on any atom is -0.497 e. The second-order valence-electron chi connectivity index (χ2n) is 6.52. The number of aliphatic hydroxyl groups excluding tert-OH is 1. The minimum atomic E-state index is -0.586. The lowest BCUT2D eigenvalue weighted by atomic mass is 10.1. The predicted molar refractivity (Wildman–Crippen MR) is 96.7 cm³/mol. The van der Waals surface area contributed by atoms with Gasteiger partial charge in [0.25, 0.3) is 0 Å². The second kappa shape index (κ2) is 7.57. The van der Waals surface area contributed by atoms with Gasteiger partial charge in [-0.25, -0.2) is 4.79 Å². The van der Waals surface area contributed by atoms with Gasteiger partial charge < -0.3 is 20.5 Å². The molecular weight excluding hydrogens is 316 g/mol. The molecule has 2 amide bonds. The molecule has 1 unspecified atom stereocenters. The van der Waals surface area contributed by atoms with Crippen molar-refractivity contribution in [1.82, 2.24) is 10.6 Å². The van der Waals surface area contributed by atoms with Crippen molar-refractivity contribution < 1.29 is 14.6 Å². The SMILES string of the molecule is COc1cccc(CC(C)NC(=O)N[C@@H]2c3ccccc3C[C@@H]2O)c1. The largest absolute Gasteiger partial charge is 0.497 e. The molecule has 0 radical (unpaired) electrons. The summed E-state index contributed by atoms with van der Waals surface area (Å²) in [6.45, 7) is 1.96. The third-order valence-electron chi connectivity index (χ3n) is 4.54. The molecule has 3 N–H and O–H groups in total. The number of methoxy groups -OCH3 is 1. The van der Waals surface area contributed by atoms with Gasteiger partial charge in [-0.1, -0.05) is 36.4 Å². The van der Waals surface area contributed by atoms with Crippen LogP contribution in [0, 0.1) is 0 Å². The third-order valence-corrected chi connectivity index (χ3v) is 4.54. The normalized spacial score (nSPS) is 19.8. The molecular formula is C20H24N2O3. The van der Waals surface area contributed by atoms with Crippen LogP contribution in [0.15, 0.2) is 48.5 Å². The molecule has 5 nitrogen and oxygen atoms in total. The number of carbonyl (C=O) groups excluding carboxylic acids is 1. The first kappa shape index (κ1) is 17.3. The van der Waals surface area contributed by atoms with E-state index in [1.807, 2.05) is 55.5 Å². The molecule has 1 aliphatic carbocycles. The molecule has 0 bridgehead atoms. The average molecular weight is 340 g/mol. The number of hydrogen-bond acceptors (Lipinski definition) is 3. The standard InChI is InChI=1S/C20H24N2O3/c1-13(10-14-6-5-8-16(11-14)25-2)21-20(24)22-19-17-9-4-3-7-15(17)12-18(19)23/h3-9,11,13,18-19,23H,10,12H2,1-2H3,(H2,21,22,24)/t13?,18-,19+/m0/s1. The molecule has 2 aromatic carbocycles. The first-order valence-corrected chi connectivity index (χ1v) is 8.52. The van der Waals surface area contributed by atoms with Crippen molar-refractivity contribution in [3.8, 4) is 5.75 Å². The van der Waals surface area contributed by atoms with Gasteiger partial charge in [-0.2, -0.15) is 0 Å². The van der Waals surface area contributed by atoms with Crippen LogP contribution < -0.4 is 15.4 Å². The Morgan fingerprint density at radius 3 is 2.88 bits per heavy atom. The quantitative estimate of drug-likeness (QED) is 0.783. The zero-order valence-corrected chi connectivity index (χ0v) is 14.5. The lowest BCUT2D eigenvalue weighted by molar-refractivity contribution is 0.142. The molecule has 3 rings (SSSR count). The molecule has 3 atom stereocenters. The van der Waals surface area contributed by atoms with Crippen LogP contribution in [0.3, 0.4) is 0 Å². The zero-order valence-electron chi connectivity index (χ0n) is 14.5. The number of rotatable bonds is 5. The Labute approximate surface area is 148 Å². The molecule has 0 saturated carbocycles. The van der Waals surface area contributed by atoms with Gasteiger partial charge in [0.05, 0.1) is 19.3 Å². The fraction of sp³-hybridized carbons (Fsp3) is 0.350. The summed E-state index contributed by atoms with van der Waals surface area (Å²) in [6.07, 6.45) is 0.686. The van der Waals surface area contributed by atoms with Crippen LogP contribution in [0.5, 0.6) is 5.75 Å². The fourth-order valence-corrected chi connectivity index (χ4v) is 3.36. The van der Waals surface area contributed by atoms with Crippen molar-refractivity contribution in [2.45, 2.75) is 38.0 Å². The Kier molecular flexibility index (Phi) is 5.24. The van der Waals surface area contributed by atoms with Crippen LogP contribution in [0.25, 0.3) is 0 Å². The smallest absolute Gasteiger partial charge is 0.315 e. The van der Waals surface area contributed by atoms with E-state index >= 15 is 0 Å². The highest BCUT2D eigenvalue weighted by molar-refractivity contribution is 5.75. The summed E-state index contributed by atoms with van der Waals surface area (Å²) in [4.78, 5) is 12.3. The number of fused-ring (bicyclic) bond motifs is 1. The van der Waals surface area contributed by atoms with Gasteiger partial charge in [-0.15, -0.1) is 0 Å². The van der Waals surface area contributed by atoms with Gasteiger partial charge >= 0.3 is 6.03 Å². The molecule has 5 heteroatoms. The maximum absolute atomic E-state index is 12.3. The summed E-state index contributed by atoms with van der Waals surface area (Å²) < 4.78 is 5.22. The monoisotopic (exact) mass is 340 g/mol. The molecule has 0 aromatic heterocycles. The van der Waals surface area contributed by atoms with Crippen LogP contribution in [-0.2, 0) is 12.8 Å². The summed E-state index contributed by atoms with van der Waals surface area (Å²) in [7, 11) is 1.64. The first-order valence-electron chi connectivity index (χ1n) is 8.52. The van der Waals surface area contributed by atoms with Gasteiger partial charge in [-0.05, 0) is 42.2 Å². The number of hydrogen-bond donors (Lipinski definition) is 3. The highest BCUT2D eigenvalue weighted by Crippen LogP contribution is 2.31. The lowest BCUT2D eigenvalue weighted by Crippen LogP contribution is -2.45. The maximum Gasteiger partial charge on any atom is 0.315 e. The van der Waals surface area contributed by atoms with E-state index in [1.165, 1.54) is 0 Å². The third kappa shape index (κ3) is 4.12. The van der Waals surface area contributed by atoms with Gasteiger partial charge in [-0.3, -0.25) is 0 Å². The van der Waals surface area contributed by atoms with Crippen LogP contribution in [0.1, 0.15) is 29.7 Å². The average Bonchev–Trinajstić information content (AvgIpc) is 2.90. The van der Waals surface area contributed by atoms with E-state index in [0.717, 1.165) is 22.4 Å². The molecule has 132 valence electrons. The summed E-state index contributed by atoms with van der Waals surface area (Å²) in [5.41, 5.74) is 3.17. The van der Waals surface area contributed by atoms with Crippen molar-refractivity contribution in [2.24, 2.45) is 0 Å². The van der Waals surface area contributed by atoms with Crippen molar-refractivity contribution in [3.05, 3.63) is 65.2 Å². The summed E-state index contributed by atoms with van der Waals surface area (Å²) in [5.74, 6) is 0.805. The number of nitrogens with one attached hydrogen (secondary N) is 2. The molecule has 25 heavy (non-hydrogen) atoms. The van der Waals surface area contributed by atoms with Crippen LogP contribution >= 0.6 is 0 Å². The second-order valence-corrected chi connectivity index (χ2v) is 6.52. The molecule has 2 aromatic rings.